The van der Waals surface area contributed by atoms with Crippen LogP contribution in [-0.2, 0) is 63.0 Å². The SMILES string of the molecule is CC(C)(C)OC(=O)Oc1c(C(C)(C)C)cc(CCC(=O)OCCC(S)COC(=O)CCc2cc(C(C)(C)C)c(OC(=O)OC(C)(C)C)c(C(C)(C)C)c2)cc1C(C)(C)C. The van der Waals surface area contributed by atoms with E-state index in [-0.39, 0.29) is 64.9 Å². The molecular weight excluding hydrogens is 769 g/mol. The van der Waals surface area contributed by atoms with E-state index >= 15 is 0 Å². The third kappa shape index (κ3) is 17.8. The van der Waals surface area contributed by atoms with Crippen LogP contribution in [0.25, 0.3) is 0 Å². The van der Waals surface area contributed by atoms with Gasteiger partial charge < -0.3 is 28.4 Å². The number of esters is 2. The summed E-state index contributed by atoms with van der Waals surface area (Å²) in [6.07, 6.45) is 0.0619. The van der Waals surface area contributed by atoms with E-state index in [4.69, 9.17) is 28.4 Å². The Bertz CT molecular complexity index is 1710. The molecule has 59 heavy (non-hydrogen) atoms. The van der Waals surface area contributed by atoms with Gasteiger partial charge in [0.05, 0.1) is 6.61 Å². The lowest BCUT2D eigenvalue weighted by Gasteiger charge is -2.30. The smallest absolute Gasteiger partial charge is 0.466 e. The van der Waals surface area contributed by atoms with Crippen molar-refractivity contribution in [3.63, 3.8) is 0 Å². The fourth-order valence-electron chi connectivity index (χ4n) is 6.04. The van der Waals surface area contributed by atoms with Gasteiger partial charge in [0, 0.05) is 40.3 Å². The number of thiol groups is 1. The van der Waals surface area contributed by atoms with Crippen LogP contribution in [0.3, 0.4) is 0 Å². The summed E-state index contributed by atoms with van der Waals surface area (Å²) in [6, 6.07) is 7.95. The van der Waals surface area contributed by atoms with E-state index in [2.05, 4.69) is 95.7 Å². The summed E-state index contributed by atoms with van der Waals surface area (Å²) < 4.78 is 33.8. The molecule has 0 spiro atoms. The Labute approximate surface area is 360 Å². The second-order valence-electron chi connectivity index (χ2n) is 21.5. The minimum absolute atomic E-state index is 0.0749. The van der Waals surface area contributed by atoms with Crippen LogP contribution in [-0.4, -0.2) is 53.9 Å². The van der Waals surface area contributed by atoms with Crippen LogP contribution in [0, 0.1) is 0 Å². The maximum Gasteiger partial charge on any atom is 0.514 e. The van der Waals surface area contributed by atoms with Gasteiger partial charge in [-0.15, -0.1) is 0 Å². The van der Waals surface area contributed by atoms with Gasteiger partial charge in [-0.3, -0.25) is 9.59 Å². The van der Waals surface area contributed by atoms with Crippen LogP contribution in [0.5, 0.6) is 11.5 Å². The van der Waals surface area contributed by atoms with Crippen LogP contribution >= 0.6 is 12.6 Å². The quantitative estimate of drug-likeness (QED) is 0.0902. The molecule has 0 heterocycles. The van der Waals surface area contributed by atoms with Gasteiger partial charge in [0.15, 0.2) is 0 Å². The first kappa shape index (κ1) is 51.4. The number of hydrogen-bond acceptors (Lipinski definition) is 11. The standard InChI is InChI=1S/C48H74O10S/c1-43(2,3)33-25-30(26-34(44(4,5)6)39(33)55-41(51)57-47(13,14)15)19-21-37(49)53-24-23-32(59)29-54-38(50)22-20-31-27-35(45(7,8)9)40(36(28-31)46(10,11)12)56-42(52)58-48(16,17)18/h25-28,32,59H,19-24,29H2,1-18H3. The maximum absolute atomic E-state index is 12.9. The molecular formula is C48H74O10S. The Balaban J connectivity index is 2.02. The number of hydrogen-bond donors (Lipinski definition) is 1. The normalized spacial score (nSPS) is 13.3. The molecule has 2 rings (SSSR count). The first-order chi connectivity index (χ1) is 26.6. The van der Waals surface area contributed by atoms with E-state index in [0.29, 0.717) is 30.8 Å². The topological polar surface area (TPSA) is 124 Å². The van der Waals surface area contributed by atoms with Crippen molar-refractivity contribution in [3.05, 3.63) is 57.6 Å². The number of ether oxygens (including phenoxy) is 6. The second-order valence-corrected chi connectivity index (χ2v) is 22.2. The Morgan fingerprint density at radius 1 is 0.508 bits per heavy atom. The Kier molecular flexibility index (Phi) is 17.2. The zero-order valence-corrected chi connectivity index (χ0v) is 40.3. The zero-order valence-electron chi connectivity index (χ0n) is 39.4. The minimum Gasteiger partial charge on any atom is -0.466 e. The molecule has 0 aliphatic carbocycles. The first-order valence-electron chi connectivity index (χ1n) is 20.7. The van der Waals surface area contributed by atoms with Gasteiger partial charge in [-0.1, -0.05) is 107 Å². The van der Waals surface area contributed by atoms with E-state index in [1.165, 1.54) is 0 Å². The van der Waals surface area contributed by atoms with Crippen LogP contribution in [0.2, 0.25) is 0 Å². The Morgan fingerprint density at radius 3 is 1.10 bits per heavy atom. The number of carbonyl (C=O) groups excluding carboxylic acids is 4. The van der Waals surface area contributed by atoms with E-state index in [1.807, 2.05) is 24.3 Å². The average Bonchev–Trinajstić information content (AvgIpc) is 3.02. The lowest BCUT2D eigenvalue weighted by Crippen LogP contribution is -2.28. The van der Waals surface area contributed by atoms with Crippen molar-refractivity contribution in [1.82, 2.24) is 0 Å². The summed E-state index contributed by atoms with van der Waals surface area (Å²) in [5, 5.41) is -0.322. The molecule has 332 valence electrons. The van der Waals surface area contributed by atoms with Crippen molar-refractivity contribution >= 4 is 36.9 Å². The fraction of sp³-hybridized carbons (Fsp3) is 0.667. The highest BCUT2D eigenvalue weighted by molar-refractivity contribution is 7.81. The molecule has 0 bridgehead atoms. The molecule has 0 fully saturated rings. The molecule has 0 radical (unpaired) electrons. The molecule has 10 nitrogen and oxygen atoms in total. The van der Waals surface area contributed by atoms with Crippen LogP contribution in [0.15, 0.2) is 24.3 Å². The van der Waals surface area contributed by atoms with Gasteiger partial charge in [0.2, 0.25) is 0 Å². The molecule has 0 aromatic heterocycles. The monoisotopic (exact) mass is 843 g/mol. The lowest BCUT2D eigenvalue weighted by atomic mass is 9.78. The molecule has 0 aliphatic heterocycles. The van der Waals surface area contributed by atoms with E-state index < -0.39 is 23.5 Å². The van der Waals surface area contributed by atoms with Gasteiger partial charge in [-0.25, -0.2) is 9.59 Å². The number of aryl methyl sites for hydroxylation is 2. The van der Waals surface area contributed by atoms with Crippen molar-refractivity contribution in [2.24, 2.45) is 0 Å². The lowest BCUT2D eigenvalue weighted by molar-refractivity contribution is -0.146. The van der Waals surface area contributed by atoms with Crippen molar-refractivity contribution in [1.29, 1.82) is 0 Å². The van der Waals surface area contributed by atoms with Crippen LogP contribution in [0.4, 0.5) is 9.59 Å². The van der Waals surface area contributed by atoms with Crippen molar-refractivity contribution in [2.75, 3.05) is 13.2 Å². The zero-order chi connectivity index (χ0) is 45.5. The predicted octanol–water partition coefficient (Wildman–Crippen LogP) is 11.8. The van der Waals surface area contributed by atoms with Crippen LogP contribution in [0.1, 0.15) is 177 Å². The van der Waals surface area contributed by atoms with Crippen molar-refractivity contribution in [3.8, 4) is 11.5 Å². The number of carbonyl (C=O) groups is 4. The van der Waals surface area contributed by atoms with E-state index in [0.717, 1.165) is 33.4 Å². The van der Waals surface area contributed by atoms with Gasteiger partial charge in [-0.2, -0.15) is 12.6 Å². The highest BCUT2D eigenvalue weighted by Crippen LogP contribution is 2.43. The molecule has 0 aliphatic rings. The molecule has 2 aromatic rings. The fourth-order valence-corrected chi connectivity index (χ4v) is 6.22. The minimum atomic E-state index is -0.763. The second kappa shape index (κ2) is 19.8. The van der Waals surface area contributed by atoms with Gasteiger partial charge in [0.1, 0.15) is 29.3 Å². The molecule has 0 saturated heterocycles. The highest BCUT2D eigenvalue weighted by atomic mass is 32.1. The Hall–Kier alpha value is -3.73. The summed E-state index contributed by atoms with van der Waals surface area (Å²) in [7, 11) is 0. The summed E-state index contributed by atoms with van der Waals surface area (Å²) in [4.78, 5) is 51.3. The predicted molar refractivity (Wildman–Crippen MR) is 237 cm³/mol. The van der Waals surface area contributed by atoms with Crippen LogP contribution < -0.4 is 9.47 Å². The van der Waals surface area contributed by atoms with Gasteiger partial charge in [-0.05, 0) is 93.6 Å². The van der Waals surface area contributed by atoms with Gasteiger partial charge in [0.25, 0.3) is 0 Å². The molecule has 1 atom stereocenters. The third-order valence-electron chi connectivity index (χ3n) is 9.07. The summed E-state index contributed by atoms with van der Waals surface area (Å²) >= 11 is 4.58. The molecule has 0 N–H and O–H groups in total. The van der Waals surface area contributed by atoms with E-state index in [1.54, 1.807) is 41.5 Å². The molecule has 2 aromatic carbocycles. The summed E-state index contributed by atoms with van der Waals surface area (Å²) in [6.45, 7) is 35.6. The summed E-state index contributed by atoms with van der Waals surface area (Å²) in [5.41, 5.74) is 2.37. The first-order valence-corrected chi connectivity index (χ1v) is 21.2. The van der Waals surface area contributed by atoms with E-state index in [9.17, 15) is 19.2 Å². The highest BCUT2D eigenvalue weighted by Gasteiger charge is 2.33. The molecule has 0 amide bonds. The molecule has 1 unspecified atom stereocenters. The van der Waals surface area contributed by atoms with Crippen molar-refractivity contribution < 1.29 is 47.6 Å². The molecule has 11 heteroatoms. The Morgan fingerprint density at radius 2 is 0.814 bits per heavy atom. The van der Waals surface area contributed by atoms with Gasteiger partial charge >= 0.3 is 24.2 Å². The number of benzene rings is 2. The maximum atomic E-state index is 12.9. The number of rotatable bonds is 13. The summed E-state index contributed by atoms with van der Waals surface area (Å²) in [5.74, 6) is 0.250. The largest absolute Gasteiger partial charge is 0.514 e. The van der Waals surface area contributed by atoms with Crippen molar-refractivity contribution in [2.45, 2.75) is 195 Å². The average molecular weight is 843 g/mol. The molecule has 0 saturated carbocycles. The third-order valence-corrected chi connectivity index (χ3v) is 9.47.